The number of pyridine rings is 1. The highest BCUT2D eigenvalue weighted by atomic mass is 35.5. The summed E-state index contributed by atoms with van der Waals surface area (Å²) in [5.41, 5.74) is 3.15. The zero-order chi connectivity index (χ0) is 19.8. The number of thiophene rings is 1. The van der Waals surface area contributed by atoms with Crippen LogP contribution in [0.3, 0.4) is 0 Å². The van der Waals surface area contributed by atoms with Crippen molar-refractivity contribution >= 4 is 45.5 Å². The minimum atomic E-state index is -0.376. The lowest BCUT2D eigenvalue weighted by atomic mass is 9.95. The monoisotopic (exact) mass is 417 g/mol. The van der Waals surface area contributed by atoms with Gasteiger partial charge in [0.1, 0.15) is 16.3 Å². The minimum absolute atomic E-state index is 0.296. The normalized spacial score (nSPS) is 13.4. The zero-order valence-corrected chi connectivity index (χ0v) is 17.2. The van der Waals surface area contributed by atoms with Crippen LogP contribution in [0.15, 0.2) is 18.3 Å². The molecule has 0 aromatic carbocycles. The number of amides is 1. The molecule has 1 amide bonds. The molecule has 0 bridgehead atoms. The molecule has 1 aliphatic rings. The molecule has 6 nitrogen and oxygen atoms in total. The van der Waals surface area contributed by atoms with Gasteiger partial charge in [0.15, 0.2) is 0 Å². The van der Waals surface area contributed by atoms with Crippen LogP contribution >= 0.6 is 22.9 Å². The van der Waals surface area contributed by atoms with Crippen molar-refractivity contribution in [3.05, 3.63) is 50.7 Å². The molecule has 4 rings (SSSR count). The van der Waals surface area contributed by atoms with Crippen LogP contribution in [-0.2, 0) is 17.6 Å². The molecule has 0 atom stereocenters. The number of hydrogen-bond donors (Lipinski definition) is 1. The van der Waals surface area contributed by atoms with Gasteiger partial charge in [0.2, 0.25) is 0 Å². The Morgan fingerprint density at radius 1 is 1.36 bits per heavy atom. The molecule has 0 saturated carbocycles. The highest BCUT2D eigenvalue weighted by Gasteiger charge is 2.28. The molecular weight excluding hydrogens is 398 g/mol. The molecule has 0 fully saturated rings. The van der Waals surface area contributed by atoms with Crippen LogP contribution < -0.4 is 5.32 Å². The van der Waals surface area contributed by atoms with Crippen LogP contribution in [0.2, 0.25) is 5.02 Å². The summed E-state index contributed by atoms with van der Waals surface area (Å²) in [5, 5.41) is 4.05. The predicted octanol–water partition coefficient (Wildman–Crippen LogP) is 4.67. The average Bonchev–Trinajstić information content (AvgIpc) is 3.17. The smallest absolute Gasteiger partial charge is 0.341 e. The van der Waals surface area contributed by atoms with E-state index in [1.165, 1.54) is 11.3 Å². The number of esters is 1. The van der Waals surface area contributed by atoms with Crippen LogP contribution in [0.25, 0.3) is 5.65 Å². The maximum atomic E-state index is 13.1. The fourth-order valence-electron chi connectivity index (χ4n) is 3.65. The Bertz CT molecular complexity index is 1090. The van der Waals surface area contributed by atoms with Crippen LogP contribution in [0.4, 0.5) is 5.00 Å². The second-order valence-electron chi connectivity index (χ2n) is 6.71. The molecule has 0 spiro atoms. The summed E-state index contributed by atoms with van der Waals surface area (Å²) < 4.78 is 6.96. The number of nitrogens with zero attached hydrogens (tertiary/aromatic N) is 2. The molecule has 3 aromatic rings. The minimum Gasteiger partial charge on any atom is -0.462 e. The van der Waals surface area contributed by atoms with Crippen LogP contribution in [0, 0.1) is 6.92 Å². The van der Waals surface area contributed by atoms with Crippen molar-refractivity contribution in [2.45, 2.75) is 39.5 Å². The van der Waals surface area contributed by atoms with Gasteiger partial charge in [-0.1, -0.05) is 11.6 Å². The summed E-state index contributed by atoms with van der Waals surface area (Å²) in [6.45, 7) is 3.85. The number of rotatable bonds is 4. The molecule has 0 aliphatic heterocycles. The molecule has 1 aliphatic carbocycles. The first kappa shape index (κ1) is 19.0. The Hall–Kier alpha value is -2.38. The van der Waals surface area contributed by atoms with E-state index in [0.29, 0.717) is 39.2 Å². The number of halogens is 1. The van der Waals surface area contributed by atoms with E-state index in [4.69, 9.17) is 16.3 Å². The lowest BCUT2D eigenvalue weighted by Crippen LogP contribution is -2.18. The number of fused-ring (bicyclic) bond motifs is 2. The standard InChI is InChI=1S/C20H20ClN3O3S/c1-3-27-20(26)16-13-6-4-5-7-14(13)28-19(16)23-18(25)17-11(2)22-15-10-12(21)8-9-24(15)17/h8-10H,3-7H2,1-2H3,(H,23,25). The molecule has 146 valence electrons. The SMILES string of the molecule is CCOC(=O)c1c(NC(=O)c2c(C)nc3cc(Cl)ccn23)sc2c1CCCC2. The van der Waals surface area contributed by atoms with Crippen LogP contribution in [0.1, 0.15) is 56.7 Å². The highest BCUT2D eigenvalue weighted by molar-refractivity contribution is 7.17. The quantitative estimate of drug-likeness (QED) is 0.626. The lowest BCUT2D eigenvalue weighted by molar-refractivity contribution is 0.0526. The number of carbonyl (C=O) groups is 2. The van der Waals surface area contributed by atoms with E-state index >= 15 is 0 Å². The predicted molar refractivity (Wildman–Crippen MR) is 110 cm³/mol. The van der Waals surface area contributed by atoms with E-state index in [-0.39, 0.29) is 11.9 Å². The first-order valence-corrected chi connectivity index (χ1v) is 10.5. The molecule has 8 heteroatoms. The molecule has 1 N–H and O–H groups in total. The van der Waals surface area contributed by atoms with Crippen molar-refractivity contribution in [2.75, 3.05) is 11.9 Å². The number of nitrogens with one attached hydrogen (secondary N) is 1. The molecule has 0 radical (unpaired) electrons. The number of aryl methyl sites for hydroxylation is 2. The summed E-state index contributed by atoms with van der Waals surface area (Å²) in [4.78, 5) is 31.3. The van der Waals surface area contributed by atoms with E-state index in [0.717, 1.165) is 36.1 Å². The van der Waals surface area contributed by atoms with Crippen molar-refractivity contribution in [2.24, 2.45) is 0 Å². The van der Waals surface area contributed by atoms with E-state index in [2.05, 4.69) is 10.3 Å². The first-order valence-electron chi connectivity index (χ1n) is 9.26. The number of aromatic nitrogens is 2. The Kier molecular flexibility index (Phi) is 5.12. The first-order chi connectivity index (χ1) is 13.5. The van der Waals surface area contributed by atoms with E-state index in [1.807, 2.05) is 0 Å². The van der Waals surface area contributed by atoms with Crippen molar-refractivity contribution < 1.29 is 14.3 Å². The van der Waals surface area contributed by atoms with Gasteiger partial charge in [-0.3, -0.25) is 9.20 Å². The van der Waals surface area contributed by atoms with Crippen LogP contribution in [0.5, 0.6) is 0 Å². The number of hydrogen-bond acceptors (Lipinski definition) is 5. The third-order valence-electron chi connectivity index (χ3n) is 4.86. The lowest BCUT2D eigenvalue weighted by Gasteiger charge is -2.12. The van der Waals surface area contributed by atoms with Gasteiger partial charge in [-0.15, -0.1) is 11.3 Å². The summed E-state index contributed by atoms with van der Waals surface area (Å²) in [7, 11) is 0. The number of ether oxygens (including phenoxy) is 1. The average molecular weight is 418 g/mol. The second kappa shape index (κ2) is 7.56. The fourth-order valence-corrected chi connectivity index (χ4v) is 5.07. The largest absolute Gasteiger partial charge is 0.462 e. The van der Waals surface area contributed by atoms with E-state index < -0.39 is 0 Å². The molecule has 28 heavy (non-hydrogen) atoms. The molecule has 3 aromatic heterocycles. The second-order valence-corrected chi connectivity index (χ2v) is 8.25. The van der Waals surface area contributed by atoms with Crippen LogP contribution in [-0.4, -0.2) is 27.9 Å². The summed E-state index contributed by atoms with van der Waals surface area (Å²) >= 11 is 7.50. The molecule has 3 heterocycles. The van der Waals surface area contributed by atoms with Gasteiger partial charge in [0, 0.05) is 22.2 Å². The Labute approximate surface area is 171 Å². The summed E-state index contributed by atoms with van der Waals surface area (Å²) in [6.07, 6.45) is 5.61. The van der Waals surface area contributed by atoms with E-state index in [1.54, 1.807) is 36.6 Å². The van der Waals surface area contributed by atoms with Gasteiger partial charge < -0.3 is 10.1 Å². The number of carbonyl (C=O) groups excluding carboxylic acids is 2. The topological polar surface area (TPSA) is 72.7 Å². The Balaban J connectivity index is 1.73. The zero-order valence-electron chi connectivity index (χ0n) is 15.7. The van der Waals surface area contributed by atoms with Crippen molar-refractivity contribution in [1.82, 2.24) is 9.38 Å². The summed E-state index contributed by atoms with van der Waals surface area (Å²) in [5.74, 6) is -0.685. The van der Waals surface area contributed by atoms with Gasteiger partial charge in [0.25, 0.3) is 5.91 Å². The molecule has 0 saturated heterocycles. The van der Waals surface area contributed by atoms with Crippen molar-refractivity contribution in [3.8, 4) is 0 Å². The number of anilines is 1. The van der Waals surface area contributed by atoms with Crippen molar-refractivity contribution in [1.29, 1.82) is 0 Å². The van der Waals surface area contributed by atoms with Gasteiger partial charge in [-0.2, -0.15) is 0 Å². The summed E-state index contributed by atoms with van der Waals surface area (Å²) in [6, 6.07) is 3.42. The van der Waals surface area contributed by atoms with Gasteiger partial charge in [0.05, 0.1) is 17.9 Å². The van der Waals surface area contributed by atoms with Gasteiger partial charge in [-0.05, 0) is 51.2 Å². The third-order valence-corrected chi connectivity index (χ3v) is 6.30. The van der Waals surface area contributed by atoms with Gasteiger partial charge in [-0.25, -0.2) is 9.78 Å². The Morgan fingerprint density at radius 2 is 2.14 bits per heavy atom. The highest BCUT2D eigenvalue weighted by Crippen LogP contribution is 2.39. The third kappa shape index (κ3) is 3.29. The van der Waals surface area contributed by atoms with E-state index in [9.17, 15) is 9.59 Å². The van der Waals surface area contributed by atoms with Gasteiger partial charge >= 0.3 is 5.97 Å². The maximum absolute atomic E-state index is 13.1. The number of imidazole rings is 1. The molecular formula is C20H20ClN3O3S. The molecule has 0 unspecified atom stereocenters. The van der Waals surface area contributed by atoms with Crippen molar-refractivity contribution in [3.63, 3.8) is 0 Å². The Morgan fingerprint density at radius 3 is 2.93 bits per heavy atom. The maximum Gasteiger partial charge on any atom is 0.341 e. The fraction of sp³-hybridized carbons (Fsp3) is 0.350.